The van der Waals surface area contributed by atoms with Crippen LogP contribution < -0.4 is 15.9 Å². The van der Waals surface area contributed by atoms with Gasteiger partial charge in [-0.1, -0.05) is 63.2 Å². The lowest BCUT2D eigenvalue weighted by molar-refractivity contribution is -0.126. The number of hydrazine groups is 1. The number of phenolic OH excluding ortho intramolecular Hbond substituents is 1. The van der Waals surface area contributed by atoms with Crippen LogP contribution in [0.1, 0.15) is 71.9 Å². The summed E-state index contributed by atoms with van der Waals surface area (Å²) in [4.78, 5) is 41.2. The molecule has 0 saturated carbocycles. The van der Waals surface area contributed by atoms with Gasteiger partial charge in [-0.2, -0.15) is 0 Å². The molecular formula is C35H47N5O7S. The molecule has 3 aromatic rings. The number of nitrogens with zero attached hydrogens (tertiary/aromatic N) is 2. The zero-order valence-electron chi connectivity index (χ0n) is 27.8. The Labute approximate surface area is 283 Å². The molecular weight excluding hydrogens is 634 g/mol. The highest BCUT2D eigenvalue weighted by Crippen LogP contribution is 2.19. The first-order valence-electron chi connectivity index (χ1n) is 16.2. The van der Waals surface area contributed by atoms with Crippen molar-refractivity contribution < 1.29 is 33.0 Å². The number of aliphatic hydroxyl groups excluding tert-OH is 1. The maximum absolute atomic E-state index is 13.8. The van der Waals surface area contributed by atoms with Gasteiger partial charge in [0, 0.05) is 37.3 Å². The molecule has 2 unspecified atom stereocenters. The Hall–Kier alpha value is -4.30. The van der Waals surface area contributed by atoms with Crippen LogP contribution in [0.2, 0.25) is 0 Å². The van der Waals surface area contributed by atoms with Gasteiger partial charge in [-0.05, 0) is 67.1 Å². The van der Waals surface area contributed by atoms with E-state index in [2.05, 4.69) is 10.7 Å². The van der Waals surface area contributed by atoms with Gasteiger partial charge in [0.25, 0.3) is 11.8 Å². The average molecular weight is 682 g/mol. The van der Waals surface area contributed by atoms with Crippen LogP contribution in [0, 0.1) is 0 Å². The molecule has 13 heteroatoms. The number of phenols is 1. The maximum atomic E-state index is 13.8. The van der Waals surface area contributed by atoms with Gasteiger partial charge in [0.2, 0.25) is 15.9 Å². The average Bonchev–Trinajstić information content (AvgIpc) is 3.04. The largest absolute Gasteiger partial charge is 0.508 e. The van der Waals surface area contributed by atoms with Crippen LogP contribution >= 0.6 is 0 Å². The molecule has 260 valence electrons. The van der Waals surface area contributed by atoms with E-state index in [1.54, 1.807) is 22.0 Å². The summed E-state index contributed by atoms with van der Waals surface area (Å²) in [5.41, 5.74) is 4.25. The molecule has 3 aromatic carbocycles. The van der Waals surface area contributed by atoms with Crippen LogP contribution in [0.25, 0.3) is 0 Å². The molecule has 0 fully saturated rings. The molecule has 12 nitrogen and oxygen atoms in total. The molecule has 3 amide bonds. The lowest BCUT2D eigenvalue weighted by Crippen LogP contribution is -2.53. The highest BCUT2D eigenvalue weighted by atomic mass is 32.2. The summed E-state index contributed by atoms with van der Waals surface area (Å²) in [6.07, 6.45) is 1.10. The van der Waals surface area contributed by atoms with Crippen LogP contribution in [0.3, 0.4) is 0 Å². The molecule has 0 radical (unpaired) electrons. The number of hydrogen-bond donors (Lipinski definition) is 5. The van der Waals surface area contributed by atoms with Crippen LogP contribution in [0.5, 0.6) is 5.75 Å². The molecule has 0 heterocycles. The van der Waals surface area contributed by atoms with E-state index in [-0.39, 0.29) is 42.2 Å². The van der Waals surface area contributed by atoms with Crippen molar-refractivity contribution in [2.24, 2.45) is 5.14 Å². The first-order valence-corrected chi connectivity index (χ1v) is 17.7. The topological polar surface area (TPSA) is 182 Å². The van der Waals surface area contributed by atoms with Gasteiger partial charge < -0.3 is 20.4 Å². The van der Waals surface area contributed by atoms with E-state index >= 15 is 0 Å². The summed E-state index contributed by atoms with van der Waals surface area (Å²) in [6.45, 7) is 7.05. The van der Waals surface area contributed by atoms with E-state index in [4.69, 9.17) is 5.14 Å². The molecule has 48 heavy (non-hydrogen) atoms. The number of sulfonamides is 1. The van der Waals surface area contributed by atoms with Gasteiger partial charge in [0.15, 0.2) is 0 Å². The summed E-state index contributed by atoms with van der Waals surface area (Å²) in [6, 6.07) is 18.2. The quantitative estimate of drug-likeness (QED) is 0.127. The number of hydrogen-bond acceptors (Lipinski definition) is 8. The second kappa shape index (κ2) is 18.3. The lowest BCUT2D eigenvalue weighted by atomic mass is 9.99. The first kappa shape index (κ1) is 38.2. The van der Waals surface area contributed by atoms with Crippen molar-refractivity contribution in [3.63, 3.8) is 0 Å². The monoisotopic (exact) mass is 681 g/mol. The first-order chi connectivity index (χ1) is 22.8. The van der Waals surface area contributed by atoms with E-state index < -0.39 is 38.9 Å². The van der Waals surface area contributed by atoms with E-state index in [0.717, 1.165) is 17.7 Å². The maximum Gasteiger partial charge on any atom is 0.253 e. The lowest BCUT2D eigenvalue weighted by Gasteiger charge is -2.30. The van der Waals surface area contributed by atoms with E-state index in [9.17, 15) is 33.0 Å². The fraction of sp³-hybridized carbons (Fsp3) is 0.400. The number of carbonyl (C=O) groups is 3. The van der Waals surface area contributed by atoms with Crippen LogP contribution in [0.15, 0.2) is 77.7 Å². The molecule has 0 spiro atoms. The van der Waals surface area contributed by atoms with E-state index in [0.29, 0.717) is 44.5 Å². The number of aromatic hydroxyl groups is 1. The normalized spacial score (nSPS) is 12.7. The predicted octanol–water partition coefficient (Wildman–Crippen LogP) is 2.99. The van der Waals surface area contributed by atoms with Gasteiger partial charge in [0.05, 0.1) is 23.5 Å². The SMILES string of the molecule is CCCN(CC(O)C(Cc1ccc(O)cc1)NC(=O)c1cc(C(=O)N(CCC)CCC)cc(S(N)(=O)=O)c1)NC(=O)Cc1ccccc1. The number of benzene rings is 3. The number of aliphatic hydroxyl groups is 1. The third-order valence-electron chi connectivity index (χ3n) is 7.58. The Kier molecular flexibility index (Phi) is 14.5. The fourth-order valence-corrected chi connectivity index (χ4v) is 5.87. The second-order valence-electron chi connectivity index (χ2n) is 11.7. The molecule has 2 atom stereocenters. The number of primary sulfonamides is 1. The minimum absolute atomic E-state index is 0.000502. The number of rotatable bonds is 18. The number of nitrogens with two attached hydrogens (primary N) is 1. The van der Waals surface area contributed by atoms with Crippen molar-refractivity contribution in [3.8, 4) is 5.75 Å². The van der Waals surface area contributed by atoms with Crippen molar-refractivity contribution in [1.82, 2.24) is 20.7 Å². The highest BCUT2D eigenvalue weighted by Gasteiger charge is 2.27. The van der Waals surface area contributed by atoms with Gasteiger partial charge in [-0.15, -0.1) is 0 Å². The van der Waals surface area contributed by atoms with Crippen LogP contribution in [-0.4, -0.2) is 84.6 Å². The molecule has 0 aromatic heterocycles. The summed E-state index contributed by atoms with van der Waals surface area (Å²) in [5, 5.41) is 31.1. The molecule has 6 N–H and O–H groups in total. The minimum atomic E-state index is -4.29. The van der Waals surface area contributed by atoms with Crippen molar-refractivity contribution in [1.29, 1.82) is 0 Å². The van der Waals surface area contributed by atoms with Gasteiger partial charge in [0.1, 0.15) is 5.75 Å². The summed E-state index contributed by atoms with van der Waals surface area (Å²) in [7, 11) is -4.29. The minimum Gasteiger partial charge on any atom is -0.508 e. The number of carbonyl (C=O) groups excluding carboxylic acids is 3. The Morgan fingerprint density at radius 3 is 2.02 bits per heavy atom. The second-order valence-corrected chi connectivity index (χ2v) is 13.3. The Morgan fingerprint density at radius 1 is 0.833 bits per heavy atom. The Balaban J connectivity index is 1.91. The number of amides is 3. The van der Waals surface area contributed by atoms with Crippen molar-refractivity contribution in [2.45, 2.75) is 69.9 Å². The van der Waals surface area contributed by atoms with Crippen LogP contribution in [-0.2, 0) is 27.7 Å². The van der Waals surface area contributed by atoms with Crippen molar-refractivity contribution in [3.05, 3.63) is 95.1 Å². The predicted molar refractivity (Wildman–Crippen MR) is 184 cm³/mol. The summed E-state index contributed by atoms with van der Waals surface area (Å²) < 4.78 is 24.8. The Bertz CT molecular complexity index is 1610. The van der Waals surface area contributed by atoms with Gasteiger partial charge in [-0.3, -0.25) is 19.8 Å². The third kappa shape index (κ3) is 11.7. The van der Waals surface area contributed by atoms with Gasteiger partial charge >= 0.3 is 0 Å². The van der Waals surface area contributed by atoms with Gasteiger partial charge in [-0.25, -0.2) is 18.6 Å². The molecule has 3 rings (SSSR count). The van der Waals surface area contributed by atoms with Crippen molar-refractivity contribution in [2.75, 3.05) is 26.2 Å². The molecule has 0 bridgehead atoms. The summed E-state index contributed by atoms with van der Waals surface area (Å²) in [5.74, 6) is -1.38. The van der Waals surface area contributed by atoms with E-state index in [1.165, 1.54) is 18.2 Å². The molecule has 0 aliphatic rings. The standard InChI is InChI=1S/C35H47N5O7S/c1-4-16-39(17-5-2)35(45)28-21-27(22-30(23-28)48(36,46)47)34(44)37-31(19-26-12-14-29(41)15-13-26)32(42)24-40(18-6-3)38-33(43)20-25-10-8-7-9-11-25/h7-15,21-23,31-32,41-42H,4-6,16-20,24H2,1-3H3,(H,37,44)(H,38,43)(H2,36,46,47). The molecule has 0 aliphatic heterocycles. The smallest absolute Gasteiger partial charge is 0.253 e. The zero-order valence-corrected chi connectivity index (χ0v) is 28.6. The number of nitrogens with one attached hydrogen (secondary N) is 2. The molecule has 0 aliphatic carbocycles. The fourth-order valence-electron chi connectivity index (χ4n) is 5.29. The highest BCUT2D eigenvalue weighted by molar-refractivity contribution is 7.89. The van der Waals surface area contributed by atoms with E-state index in [1.807, 2.05) is 51.1 Å². The van der Waals surface area contributed by atoms with Crippen LogP contribution in [0.4, 0.5) is 0 Å². The Morgan fingerprint density at radius 2 is 1.44 bits per heavy atom. The third-order valence-corrected chi connectivity index (χ3v) is 8.48. The zero-order chi connectivity index (χ0) is 35.3. The van der Waals surface area contributed by atoms with Crippen molar-refractivity contribution >= 4 is 27.7 Å². The molecule has 0 saturated heterocycles. The summed E-state index contributed by atoms with van der Waals surface area (Å²) >= 11 is 0.